The molecule has 0 spiro atoms. The predicted molar refractivity (Wildman–Crippen MR) is 90.3 cm³/mol. The Labute approximate surface area is 137 Å². The molecule has 0 saturated heterocycles. The maximum Gasteiger partial charge on any atom is 0.187 e. The summed E-state index contributed by atoms with van der Waals surface area (Å²) in [5, 5.41) is 5.82. The van der Waals surface area contributed by atoms with Crippen LogP contribution in [0.15, 0.2) is 47.8 Å². The fraction of sp³-hybridized carbons (Fsp3) is 0.118. The van der Waals surface area contributed by atoms with Crippen LogP contribution in [0.1, 0.15) is 0 Å². The zero-order valence-corrected chi connectivity index (χ0v) is 13.5. The molecule has 0 aliphatic carbocycles. The van der Waals surface area contributed by atoms with Gasteiger partial charge in [-0.1, -0.05) is 6.07 Å². The average Bonchev–Trinajstić information content (AvgIpc) is 3.03. The number of aromatic nitrogens is 1. The number of benzene rings is 2. The standard InChI is InChI=1S/C17H15FN2O2S/c1-21-13-5-3-4-12(9-13)19-17-20-15(10-23-17)11-6-7-16(22-2)14(18)8-11/h3-10H,1-2H3,(H,19,20). The van der Waals surface area contributed by atoms with Gasteiger partial charge in [0.05, 0.1) is 19.9 Å². The van der Waals surface area contributed by atoms with Crippen molar-refractivity contribution in [2.24, 2.45) is 0 Å². The molecule has 0 bridgehead atoms. The van der Waals surface area contributed by atoms with Crippen LogP contribution in [-0.4, -0.2) is 19.2 Å². The van der Waals surface area contributed by atoms with Crippen LogP contribution >= 0.6 is 11.3 Å². The minimum absolute atomic E-state index is 0.221. The molecule has 3 rings (SSSR count). The van der Waals surface area contributed by atoms with Gasteiger partial charge in [-0.05, 0) is 30.3 Å². The van der Waals surface area contributed by atoms with Crippen molar-refractivity contribution < 1.29 is 13.9 Å². The summed E-state index contributed by atoms with van der Waals surface area (Å²) in [6.07, 6.45) is 0. The summed E-state index contributed by atoms with van der Waals surface area (Å²) in [4.78, 5) is 4.49. The second-order valence-electron chi connectivity index (χ2n) is 4.74. The molecule has 0 fully saturated rings. The Balaban J connectivity index is 1.81. The Morgan fingerprint density at radius 2 is 1.96 bits per heavy atom. The molecule has 2 aromatic carbocycles. The van der Waals surface area contributed by atoms with Crippen molar-refractivity contribution in [2.75, 3.05) is 19.5 Å². The first-order valence-corrected chi connectivity index (χ1v) is 7.78. The number of hydrogen-bond donors (Lipinski definition) is 1. The summed E-state index contributed by atoms with van der Waals surface area (Å²) >= 11 is 1.45. The lowest BCUT2D eigenvalue weighted by molar-refractivity contribution is 0.386. The largest absolute Gasteiger partial charge is 0.497 e. The molecule has 1 heterocycles. The van der Waals surface area contributed by atoms with Crippen LogP contribution in [0.25, 0.3) is 11.3 Å². The quantitative estimate of drug-likeness (QED) is 0.736. The highest BCUT2D eigenvalue weighted by atomic mass is 32.1. The van der Waals surface area contributed by atoms with Crippen LogP contribution < -0.4 is 14.8 Å². The first-order valence-electron chi connectivity index (χ1n) is 6.90. The molecule has 118 valence electrons. The summed E-state index contributed by atoms with van der Waals surface area (Å²) in [5.74, 6) is 0.586. The lowest BCUT2D eigenvalue weighted by Gasteiger charge is -2.05. The Morgan fingerprint density at radius 3 is 2.70 bits per heavy atom. The van der Waals surface area contributed by atoms with Gasteiger partial charge in [-0.3, -0.25) is 0 Å². The van der Waals surface area contributed by atoms with Gasteiger partial charge in [0, 0.05) is 22.7 Å². The first-order chi connectivity index (χ1) is 11.2. The number of methoxy groups -OCH3 is 2. The molecule has 0 atom stereocenters. The van der Waals surface area contributed by atoms with E-state index < -0.39 is 5.82 Å². The highest BCUT2D eigenvalue weighted by molar-refractivity contribution is 7.14. The van der Waals surface area contributed by atoms with Crippen molar-refractivity contribution >= 4 is 22.2 Å². The second kappa shape index (κ2) is 6.66. The molecule has 6 heteroatoms. The summed E-state index contributed by atoms with van der Waals surface area (Å²) in [7, 11) is 3.07. The van der Waals surface area contributed by atoms with Gasteiger partial charge in [-0.15, -0.1) is 11.3 Å². The molecule has 0 unspecified atom stereocenters. The summed E-state index contributed by atoms with van der Waals surface area (Å²) in [6, 6.07) is 12.4. The number of anilines is 2. The Kier molecular flexibility index (Phi) is 4.43. The van der Waals surface area contributed by atoms with E-state index in [1.54, 1.807) is 19.2 Å². The maximum atomic E-state index is 13.8. The Morgan fingerprint density at radius 1 is 1.09 bits per heavy atom. The SMILES string of the molecule is COc1cccc(Nc2nc(-c3ccc(OC)c(F)c3)cs2)c1. The molecule has 0 amide bonds. The lowest BCUT2D eigenvalue weighted by Crippen LogP contribution is -1.91. The topological polar surface area (TPSA) is 43.4 Å². The molecule has 3 aromatic rings. The minimum atomic E-state index is -0.402. The van der Waals surface area contributed by atoms with E-state index in [-0.39, 0.29) is 5.75 Å². The van der Waals surface area contributed by atoms with Gasteiger partial charge in [0.25, 0.3) is 0 Å². The normalized spacial score (nSPS) is 10.4. The van der Waals surface area contributed by atoms with Crippen LogP contribution in [0.2, 0.25) is 0 Å². The van der Waals surface area contributed by atoms with Crippen molar-refractivity contribution in [3.8, 4) is 22.8 Å². The molecule has 0 radical (unpaired) electrons. The average molecular weight is 330 g/mol. The van der Waals surface area contributed by atoms with E-state index in [0.717, 1.165) is 16.6 Å². The molecule has 0 aliphatic rings. The van der Waals surface area contributed by atoms with Gasteiger partial charge in [0.1, 0.15) is 5.75 Å². The number of nitrogens with zero attached hydrogens (tertiary/aromatic N) is 1. The molecule has 4 nitrogen and oxygen atoms in total. The number of rotatable bonds is 5. The number of halogens is 1. The van der Waals surface area contributed by atoms with Gasteiger partial charge >= 0.3 is 0 Å². The van der Waals surface area contributed by atoms with Crippen molar-refractivity contribution in [3.05, 3.63) is 53.7 Å². The van der Waals surface area contributed by atoms with Gasteiger partial charge in [0.2, 0.25) is 0 Å². The van der Waals surface area contributed by atoms with Crippen molar-refractivity contribution in [2.45, 2.75) is 0 Å². The molecule has 1 aromatic heterocycles. The monoisotopic (exact) mass is 330 g/mol. The van der Waals surface area contributed by atoms with Crippen LogP contribution in [0, 0.1) is 5.82 Å². The van der Waals surface area contributed by atoms with E-state index in [4.69, 9.17) is 9.47 Å². The Hall–Kier alpha value is -2.60. The van der Waals surface area contributed by atoms with Gasteiger partial charge in [-0.2, -0.15) is 0 Å². The fourth-order valence-electron chi connectivity index (χ4n) is 2.11. The minimum Gasteiger partial charge on any atom is -0.497 e. The van der Waals surface area contributed by atoms with Gasteiger partial charge in [0.15, 0.2) is 16.7 Å². The van der Waals surface area contributed by atoms with E-state index in [2.05, 4.69) is 10.3 Å². The third kappa shape index (κ3) is 3.43. The van der Waals surface area contributed by atoms with Crippen LogP contribution in [-0.2, 0) is 0 Å². The summed E-state index contributed by atoms with van der Waals surface area (Å²) in [5.41, 5.74) is 2.30. The third-order valence-electron chi connectivity index (χ3n) is 3.27. The van der Waals surface area contributed by atoms with E-state index in [1.807, 2.05) is 29.6 Å². The van der Waals surface area contributed by atoms with Crippen LogP contribution in [0.3, 0.4) is 0 Å². The highest BCUT2D eigenvalue weighted by Crippen LogP contribution is 2.30. The fourth-order valence-corrected chi connectivity index (χ4v) is 2.85. The van der Waals surface area contributed by atoms with Crippen LogP contribution in [0.5, 0.6) is 11.5 Å². The van der Waals surface area contributed by atoms with Crippen LogP contribution in [0.4, 0.5) is 15.2 Å². The van der Waals surface area contributed by atoms with E-state index in [9.17, 15) is 4.39 Å². The lowest BCUT2D eigenvalue weighted by atomic mass is 10.1. The van der Waals surface area contributed by atoms with Gasteiger partial charge in [-0.25, -0.2) is 9.37 Å². The summed E-state index contributed by atoms with van der Waals surface area (Å²) in [6.45, 7) is 0. The molecule has 0 aliphatic heterocycles. The van der Waals surface area contributed by atoms with E-state index in [1.165, 1.54) is 24.5 Å². The highest BCUT2D eigenvalue weighted by Gasteiger charge is 2.09. The molecule has 0 saturated carbocycles. The molecule has 1 N–H and O–H groups in total. The number of thiazole rings is 1. The second-order valence-corrected chi connectivity index (χ2v) is 5.60. The molecule has 23 heavy (non-hydrogen) atoms. The van der Waals surface area contributed by atoms with Crippen molar-refractivity contribution in [1.29, 1.82) is 0 Å². The van der Waals surface area contributed by atoms with Gasteiger partial charge < -0.3 is 14.8 Å². The molecular weight excluding hydrogens is 315 g/mol. The van der Waals surface area contributed by atoms with Crippen molar-refractivity contribution in [3.63, 3.8) is 0 Å². The van der Waals surface area contributed by atoms with E-state index in [0.29, 0.717) is 11.3 Å². The first kappa shape index (κ1) is 15.3. The predicted octanol–water partition coefficient (Wildman–Crippen LogP) is 4.71. The zero-order valence-electron chi connectivity index (χ0n) is 12.7. The number of nitrogens with one attached hydrogen (secondary N) is 1. The number of ether oxygens (including phenoxy) is 2. The third-order valence-corrected chi connectivity index (χ3v) is 4.03. The summed E-state index contributed by atoms with van der Waals surface area (Å²) < 4.78 is 23.9. The maximum absolute atomic E-state index is 13.8. The number of hydrogen-bond acceptors (Lipinski definition) is 5. The smallest absolute Gasteiger partial charge is 0.187 e. The zero-order chi connectivity index (χ0) is 16.2. The molecular formula is C17H15FN2O2S. The van der Waals surface area contributed by atoms with Crippen molar-refractivity contribution in [1.82, 2.24) is 4.98 Å². The van der Waals surface area contributed by atoms with E-state index >= 15 is 0 Å². The Bertz CT molecular complexity index is 820.